The number of likely N-dealkylation sites (tertiary alicyclic amines) is 2. The van der Waals surface area contributed by atoms with Crippen molar-refractivity contribution < 1.29 is 18.0 Å². The van der Waals surface area contributed by atoms with Crippen LogP contribution in [0.2, 0.25) is 0 Å². The molecule has 1 aromatic rings. The van der Waals surface area contributed by atoms with Crippen LogP contribution in [0.1, 0.15) is 36.8 Å². The van der Waals surface area contributed by atoms with Gasteiger partial charge in [-0.3, -0.25) is 4.79 Å². The third-order valence-electron chi connectivity index (χ3n) is 4.96. The molecule has 1 amide bonds. The Kier molecular flexibility index (Phi) is 5.47. The van der Waals surface area contributed by atoms with E-state index in [9.17, 15) is 18.0 Å². The fraction of sp³-hybridized carbons (Fsp3) is 0.526. The molecule has 136 valence electrons. The number of carbonyl (C=O) groups excluding carboxylic acids is 1. The molecule has 6 heteroatoms. The van der Waals surface area contributed by atoms with Crippen molar-refractivity contribution in [2.45, 2.75) is 37.9 Å². The first kappa shape index (κ1) is 18.0. The van der Waals surface area contributed by atoms with Crippen molar-refractivity contribution in [3.63, 3.8) is 0 Å². The maximum Gasteiger partial charge on any atom is 0.416 e. The van der Waals surface area contributed by atoms with E-state index in [2.05, 4.69) is 4.90 Å². The largest absolute Gasteiger partial charge is 0.416 e. The first-order valence-corrected chi connectivity index (χ1v) is 8.82. The van der Waals surface area contributed by atoms with Crippen LogP contribution in [0, 0.1) is 0 Å². The zero-order valence-corrected chi connectivity index (χ0v) is 14.1. The standard InChI is InChI=1S/C19H23F3N2O/c20-19(21,22)16-6-3-5-15(13-16)8-9-18(25)24-12-4-7-17(24)14-23-10-1-2-11-23/h3,5-6,8-9,13,17H,1-2,4,7,10-12,14H2/b9-8+. The summed E-state index contributed by atoms with van der Waals surface area (Å²) in [6, 6.07) is 5.25. The Morgan fingerprint density at radius 3 is 2.64 bits per heavy atom. The summed E-state index contributed by atoms with van der Waals surface area (Å²) in [7, 11) is 0. The summed E-state index contributed by atoms with van der Waals surface area (Å²) >= 11 is 0. The fourth-order valence-corrected chi connectivity index (χ4v) is 3.66. The molecule has 0 aliphatic carbocycles. The third kappa shape index (κ3) is 4.63. The Balaban J connectivity index is 1.63. The van der Waals surface area contributed by atoms with E-state index in [-0.39, 0.29) is 11.9 Å². The maximum atomic E-state index is 12.8. The number of alkyl halides is 3. The van der Waals surface area contributed by atoms with Gasteiger partial charge in [0.05, 0.1) is 5.56 Å². The van der Waals surface area contributed by atoms with E-state index >= 15 is 0 Å². The molecule has 25 heavy (non-hydrogen) atoms. The van der Waals surface area contributed by atoms with Gasteiger partial charge in [-0.15, -0.1) is 0 Å². The molecule has 0 N–H and O–H groups in total. The highest BCUT2D eigenvalue weighted by Gasteiger charge is 2.31. The molecule has 2 fully saturated rings. The Hall–Kier alpha value is -1.82. The molecular weight excluding hydrogens is 329 g/mol. The van der Waals surface area contributed by atoms with Gasteiger partial charge in [0, 0.05) is 25.2 Å². The van der Waals surface area contributed by atoms with E-state index in [1.807, 2.05) is 4.90 Å². The zero-order valence-electron chi connectivity index (χ0n) is 14.1. The van der Waals surface area contributed by atoms with Crippen molar-refractivity contribution in [3.05, 3.63) is 41.5 Å². The van der Waals surface area contributed by atoms with E-state index in [1.165, 1.54) is 31.1 Å². The Labute approximate surface area is 146 Å². The van der Waals surface area contributed by atoms with Gasteiger partial charge in [0.15, 0.2) is 0 Å². The average Bonchev–Trinajstić information content (AvgIpc) is 3.24. The van der Waals surface area contributed by atoms with Crippen LogP contribution in [-0.4, -0.2) is 47.9 Å². The van der Waals surface area contributed by atoms with E-state index in [0.717, 1.165) is 51.2 Å². The molecular formula is C19H23F3N2O. The second-order valence-electron chi connectivity index (χ2n) is 6.79. The lowest BCUT2D eigenvalue weighted by Crippen LogP contribution is -2.41. The monoisotopic (exact) mass is 352 g/mol. The van der Waals surface area contributed by atoms with Crippen molar-refractivity contribution in [3.8, 4) is 0 Å². The molecule has 1 unspecified atom stereocenters. The van der Waals surface area contributed by atoms with Crippen LogP contribution in [-0.2, 0) is 11.0 Å². The molecule has 3 rings (SSSR count). The number of rotatable bonds is 4. The molecule has 0 bridgehead atoms. The second-order valence-corrected chi connectivity index (χ2v) is 6.79. The predicted octanol–water partition coefficient (Wildman–Crippen LogP) is 3.81. The molecule has 2 aliphatic heterocycles. The zero-order chi connectivity index (χ0) is 17.9. The van der Waals surface area contributed by atoms with E-state index in [1.54, 1.807) is 6.07 Å². The Bertz CT molecular complexity index is 636. The second kappa shape index (κ2) is 7.60. The van der Waals surface area contributed by atoms with Crippen molar-refractivity contribution in [1.29, 1.82) is 0 Å². The van der Waals surface area contributed by atoms with Gasteiger partial charge >= 0.3 is 6.18 Å². The van der Waals surface area contributed by atoms with Gasteiger partial charge in [0.25, 0.3) is 0 Å². The number of halogens is 3. The van der Waals surface area contributed by atoms with Crippen LogP contribution in [0.25, 0.3) is 6.08 Å². The van der Waals surface area contributed by atoms with Gasteiger partial charge < -0.3 is 9.80 Å². The summed E-state index contributed by atoms with van der Waals surface area (Å²) in [5.74, 6) is -0.112. The molecule has 2 aliphatic rings. The van der Waals surface area contributed by atoms with Gasteiger partial charge in [-0.2, -0.15) is 13.2 Å². The highest BCUT2D eigenvalue weighted by atomic mass is 19.4. The minimum absolute atomic E-state index is 0.112. The summed E-state index contributed by atoms with van der Waals surface area (Å²) in [6.07, 6.45) is 2.93. The molecule has 0 aromatic heterocycles. The predicted molar refractivity (Wildman–Crippen MR) is 90.9 cm³/mol. The minimum Gasteiger partial charge on any atom is -0.335 e. The maximum absolute atomic E-state index is 12.8. The molecule has 1 atom stereocenters. The fourth-order valence-electron chi connectivity index (χ4n) is 3.66. The van der Waals surface area contributed by atoms with Crippen molar-refractivity contribution in [2.75, 3.05) is 26.2 Å². The Morgan fingerprint density at radius 1 is 1.16 bits per heavy atom. The summed E-state index contributed by atoms with van der Waals surface area (Å²) in [6.45, 7) is 3.82. The van der Waals surface area contributed by atoms with Crippen LogP contribution in [0.4, 0.5) is 13.2 Å². The number of carbonyl (C=O) groups is 1. The van der Waals surface area contributed by atoms with Gasteiger partial charge in [-0.05, 0) is 62.5 Å². The highest BCUT2D eigenvalue weighted by Crippen LogP contribution is 2.29. The molecule has 0 saturated carbocycles. The SMILES string of the molecule is O=C(/C=C/c1cccc(C(F)(F)F)c1)N1CCCC1CN1CCCC1. The molecule has 3 nitrogen and oxygen atoms in total. The number of benzene rings is 1. The molecule has 0 radical (unpaired) electrons. The minimum atomic E-state index is -4.37. The van der Waals surface area contributed by atoms with Crippen molar-refractivity contribution in [2.24, 2.45) is 0 Å². The normalized spacial score (nSPS) is 22.2. The van der Waals surface area contributed by atoms with Crippen LogP contribution in [0.5, 0.6) is 0 Å². The summed E-state index contributed by atoms with van der Waals surface area (Å²) in [5, 5.41) is 0. The quantitative estimate of drug-likeness (QED) is 0.770. The number of hydrogen-bond donors (Lipinski definition) is 0. The van der Waals surface area contributed by atoms with Crippen molar-refractivity contribution in [1.82, 2.24) is 9.80 Å². The molecule has 2 saturated heterocycles. The van der Waals surface area contributed by atoms with Crippen molar-refractivity contribution >= 4 is 12.0 Å². The molecule has 1 aromatic carbocycles. The number of hydrogen-bond acceptors (Lipinski definition) is 2. The third-order valence-corrected chi connectivity index (χ3v) is 4.96. The van der Waals surface area contributed by atoms with E-state index < -0.39 is 11.7 Å². The lowest BCUT2D eigenvalue weighted by molar-refractivity contribution is -0.137. The van der Waals surface area contributed by atoms with Crippen LogP contribution < -0.4 is 0 Å². The van der Waals surface area contributed by atoms with Crippen LogP contribution >= 0.6 is 0 Å². The van der Waals surface area contributed by atoms with Crippen LogP contribution in [0.3, 0.4) is 0 Å². The summed E-state index contributed by atoms with van der Waals surface area (Å²) in [5.41, 5.74) is -0.311. The summed E-state index contributed by atoms with van der Waals surface area (Å²) in [4.78, 5) is 16.7. The summed E-state index contributed by atoms with van der Waals surface area (Å²) < 4.78 is 38.3. The van der Waals surface area contributed by atoms with Gasteiger partial charge in [0.1, 0.15) is 0 Å². The number of nitrogens with zero attached hydrogens (tertiary/aromatic N) is 2. The first-order chi connectivity index (χ1) is 11.9. The van der Waals surface area contributed by atoms with Gasteiger partial charge in [-0.25, -0.2) is 0 Å². The van der Waals surface area contributed by atoms with Gasteiger partial charge in [0.2, 0.25) is 5.91 Å². The Morgan fingerprint density at radius 2 is 1.92 bits per heavy atom. The number of amides is 1. The lowest BCUT2D eigenvalue weighted by Gasteiger charge is -2.27. The van der Waals surface area contributed by atoms with Crippen LogP contribution in [0.15, 0.2) is 30.3 Å². The highest BCUT2D eigenvalue weighted by molar-refractivity contribution is 5.92. The van der Waals surface area contributed by atoms with E-state index in [0.29, 0.717) is 5.56 Å². The first-order valence-electron chi connectivity index (χ1n) is 8.82. The molecule has 2 heterocycles. The van der Waals surface area contributed by atoms with E-state index in [4.69, 9.17) is 0 Å². The smallest absolute Gasteiger partial charge is 0.335 e. The topological polar surface area (TPSA) is 23.6 Å². The lowest BCUT2D eigenvalue weighted by atomic mass is 10.1. The van der Waals surface area contributed by atoms with Gasteiger partial charge in [-0.1, -0.05) is 12.1 Å². The average molecular weight is 352 g/mol. The molecule has 0 spiro atoms.